The third-order valence-corrected chi connectivity index (χ3v) is 2.07. The first-order valence-electron chi connectivity index (χ1n) is 4.58. The van der Waals surface area contributed by atoms with Gasteiger partial charge in [-0.05, 0) is 24.6 Å². The predicted octanol–water partition coefficient (Wildman–Crippen LogP) is 1.10. The maximum absolute atomic E-state index is 11.2. The van der Waals surface area contributed by atoms with E-state index in [4.69, 9.17) is 4.74 Å². The van der Waals surface area contributed by atoms with Gasteiger partial charge >= 0.3 is 5.97 Å². The number of carbonyl (C=O) groups is 1. The van der Waals surface area contributed by atoms with E-state index in [1.54, 1.807) is 18.2 Å². The zero-order chi connectivity index (χ0) is 12.0. The number of ether oxygens (including phenoxy) is 1. The summed E-state index contributed by atoms with van der Waals surface area (Å²) in [5, 5.41) is 0. The molecule has 0 spiro atoms. The third-order valence-electron chi connectivity index (χ3n) is 1.71. The fourth-order valence-electron chi connectivity index (χ4n) is 1.05. The van der Waals surface area contributed by atoms with Crippen LogP contribution in [0.5, 0.6) is 5.75 Å². The minimum atomic E-state index is -2.59. The van der Waals surface area contributed by atoms with Crippen LogP contribution in [0.25, 0.3) is 0 Å². The fraction of sp³-hybridized carbons (Fsp3) is 0.300. The monoisotopic (exact) mass is 243 g/mol. The van der Waals surface area contributed by atoms with Gasteiger partial charge in [0.05, 0.1) is 24.4 Å². The Hall–Kier alpha value is -1.24. The minimum Gasteiger partial charge on any atom is -0.750 e. The molecule has 6 heteroatoms. The Morgan fingerprint density at radius 1 is 1.50 bits per heavy atom. The molecule has 0 bridgehead atoms. The van der Waals surface area contributed by atoms with Crippen LogP contribution in [0.2, 0.25) is 0 Å². The van der Waals surface area contributed by atoms with Crippen LogP contribution in [0.3, 0.4) is 0 Å². The zero-order valence-electron chi connectivity index (χ0n) is 8.67. The Kier molecular flexibility index (Phi) is 5.10. The Bertz CT molecular complexity index is 391. The van der Waals surface area contributed by atoms with Crippen LogP contribution in [0, 0.1) is 6.92 Å². The van der Waals surface area contributed by atoms with Gasteiger partial charge in [0.2, 0.25) is 0 Å². The maximum Gasteiger partial charge on any atom is 0.313 e. The third kappa shape index (κ3) is 5.01. The summed E-state index contributed by atoms with van der Waals surface area (Å²) < 4.78 is 29.2. The SMILES string of the molecule is Cc1cccc(OC(=O)CCOS(=O)[O-])c1. The lowest BCUT2D eigenvalue weighted by molar-refractivity contribution is -0.134. The second-order valence-electron chi connectivity index (χ2n) is 3.07. The second-order valence-corrected chi connectivity index (χ2v) is 3.71. The molecule has 0 aliphatic heterocycles. The Balaban J connectivity index is 2.37. The van der Waals surface area contributed by atoms with E-state index in [1.165, 1.54) is 0 Å². The quantitative estimate of drug-likeness (QED) is 0.439. The average Bonchev–Trinajstić information content (AvgIpc) is 2.16. The average molecular weight is 243 g/mol. The highest BCUT2D eigenvalue weighted by molar-refractivity contribution is 7.74. The van der Waals surface area contributed by atoms with Crippen LogP contribution in [-0.4, -0.2) is 21.3 Å². The van der Waals surface area contributed by atoms with Crippen LogP contribution in [0.1, 0.15) is 12.0 Å². The first-order chi connectivity index (χ1) is 7.58. The van der Waals surface area contributed by atoms with E-state index in [1.807, 2.05) is 13.0 Å². The predicted molar refractivity (Wildman–Crippen MR) is 56.3 cm³/mol. The molecule has 0 saturated heterocycles. The number of hydrogen-bond acceptors (Lipinski definition) is 5. The number of hydrogen-bond donors (Lipinski definition) is 0. The Morgan fingerprint density at radius 3 is 2.88 bits per heavy atom. The van der Waals surface area contributed by atoms with Gasteiger partial charge < -0.3 is 13.5 Å². The summed E-state index contributed by atoms with van der Waals surface area (Å²) in [6.45, 7) is 1.67. The van der Waals surface area contributed by atoms with Gasteiger partial charge in [-0.15, -0.1) is 0 Å². The Morgan fingerprint density at radius 2 is 2.25 bits per heavy atom. The molecule has 0 aromatic heterocycles. The molecule has 16 heavy (non-hydrogen) atoms. The summed E-state index contributed by atoms with van der Waals surface area (Å²) in [6.07, 6.45) is -0.109. The number of aryl methyl sites for hydroxylation is 1. The molecule has 1 unspecified atom stereocenters. The van der Waals surface area contributed by atoms with Crippen molar-refractivity contribution in [2.45, 2.75) is 13.3 Å². The summed E-state index contributed by atoms with van der Waals surface area (Å²) in [4.78, 5) is 11.2. The highest BCUT2D eigenvalue weighted by atomic mass is 32.2. The number of esters is 1. The number of rotatable bonds is 5. The molecule has 0 saturated carbocycles. The van der Waals surface area contributed by atoms with E-state index in [2.05, 4.69) is 4.18 Å². The molecule has 1 aromatic rings. The van der Waals surface area contributed by atoms with Gasteiger partial charge in [0, 0.05) is 0 Å². The van der Waals surface area contributed by atoms with Crippen molar-refractivity contribution in [2.75, 3.05) is 6.61 Å². The zero-order valence-corrected chi connectivity index (χ0v) is 9.49. The van der Waals surface area contributed by atoms with Crippen molar-refractivity contribution >= 4 is 17.3 Å². The molecular weight excluding hydrogens is 232 g/mol. The normalized spacial score (nSPS) is 12.1. The van der Waals surface area contributed by atoms with Gasteiger partial charge in [0.15, 0.2) is 0 Å². The molecule has 0 aliphatic carbocycles. The van der Waals surface area contributed by atoms with Crippen molar-refractivity contribution < 1.29 is 22.5 Å². The molecule has 1 atom stereocenters. The van der Waals surface area contributed by atoms with E-state index in [9.17, 15) is 13.6 Å². The highest BCUT2D eigenvalue weighted by Crippen LogP contribution is 2.12. The lowest BCUT2D eigenvalue weighted by Crippen LogP contribution is -2.11. The summed E-state index contributed by atoms with van der Waals surface area (Å²) in [7, 11) is 0. The number of carbonyl (C=O) groups excluding carboxylic acids is 1. The highest BCUT2D eigenvalue weighted by Gasteiger charge is 2.04. The first-order valence-corrected chi connectivity index (χ1v) is 5.58. The second kappa shape index (κ2) is 6.37. The van der Waals surface area contributed by atoms with E-state index < -0.39 is 17.3 Å². The van der Waals surface area contributed by atoms with Crippen molar-refractivity contribution in [3.63, 3.8) is 0 Å². The lowest BCUT2D eigenvalue weighted by atomic mass is 10.2. The molecule has 0 fully saturated rings. The van der Waals surface area contributed by atoms with Crippen LogP contribution >= 0.6 is 0 Å². The van der Waals surface area contributed by atoms with Crippen molar-refractivity contribution in [2.24, 2.45) is 0 Å². The van der Waals surface area contributed by atoms with Crippen molar-refractivity contribution in [1.82, 2.24) is 0 Å². The Labute approximate surface area is 95.9 Å². The van der Waals surface area contributed by atoms with Crippen LogP contribution in [0.15, 0.2) is 24.3 Å². The molecule has 0 amide bonds. The van der Waals surface area contributed by atoms with Crippen molar-refractivity contribution in [1.29, 1.82) is 0 Å². The summed E-state index contributed by atoms with van der Waals surface area (Å²) in [6, 6.07) is 7.00. The van der Waals surface area contributed by atoms with Gasteiger partial charge in [-0.3, -0.25) is 4.79 Å². The summed E-state index contributed by atoms with van der Waals surface area (Å²) in [5.41, 5.74) is 0.974. The van der Waals surface area contributed by atoms with Gasteiger partial charge in [-0.25, -0.2) is 4.21 Å². The molecule has 1 aromatic carbocycles. The minimum absolute atomic E-state index is 0.109. The van der Waals surface area contributed by atoms with E-state index in [0.29, 0.717) is 5.75 Å². The molecule has 0 radical (unpaired) electrons. The largest absolute Gasteiger partial charge is 0.750 e. The number of benzene rings is 1. The fourth-order valence-corrected chi connectivity index (χ4v) is 1.27. The topological polar surface area (TPSA) is 75.7 Å². The van der Waals surface area contributed by atoms with Gasteiger partial charge in [-0.2, -0.15) is 0 Å². The molecule has 0 N–H and O–H groups in total. The molecule has 5 nitrogen and oxygen atoms in total. The molecule has 0 heterocycles. The van der Waals surface area contributed by atoms with Crippen molar-refractivity contribution in [3.8, 4) is 5.75 Å². The maximum atomic E-state index is 11.2. The standard InChI is InChI=1S/C10H12O5S/c1-8-3-2-4-9(7-8)15-10(11)5-6-14-16(12)13/h2-4,7H,5-6H2,1H3,(H,12,13)/p-1. The smallest absolute Gasteiger partial charge is 0.313 e. The van der Waals surface area contributed by atoms with Crippen LogP contribution in [0.4, 0.5) is 0 Å². The molecule has 88 valence electrons. The van der Waals surface area contributed by atoms with Crippen LogP contribution in [-0.2, 0) is 20.3 Å². The lowest BCUT2D eigenvalue weighted by Gasteiger charge is -2.06. The first kappa shape index (κ1) is 12.8. The van der Waals surface area contributed by atoms with E-state index >= 15 is 0 Å². The summed E-state index contributed by atoms with van der Waals surface area (Å²) in [5.74, 6) is -0.0932. The van der Waals surface area contributed by atoms with Gasteiger partial charge in [0.25, 0.3) is 0 Å². The van der Waals surface area contributed by atoms with E-state index in [-0.39, 0.29) is 13.0 Å². The summed E-state index contributed by atoms with van der Waals surface area (Å²) >= 11 is -2.59. The van der Waals surface area contributed by atoms with Gasteiger partial charge in [0.1, 0.15) is 5.75 Å². The molecule has 1 rings (SSSR count). The van der Waals surface area contributed by atoms with Crippen molar-refractivity contribution in [3.05, 3.63) is 29.8 Å². The van der Waals surface area contributed by atoms with E-state index in [0.717, 1.165) is 5.56 Å². The van der Waals surface area contributed by atoms with Gasteiger partial charge in [-0.1, -0.05) is 12.1 Å². The molecule has 0 aliphatic rings. The van der Waals surface area contributed by atoms with Crippen LogP contribution < -0.4 is 4.74 Å². The molecular formula is C10H11O5S-.